The van der Waals surface area contributed by atoms with Crippen molar-refractivity contribution in [3.05, 3.63) is 12.1 Å². The van der Waals surface area contributed by atoms with Crippen molar-refractivity contribution in [2.24, 2.45) is 5.73 Å². The van der Waals surface area contributed by atoms with Gasteiger partial charge in [-0.05, 0) is 6.07 Å². The number of primary amides is 1. The third-order valence-corrected chi connectivity index (χ3v) is 4.00. The van der Waals surface area contributed by atoms with E-state index >= 15 is 0 Å². The molecule has 0 aliphatic carbocycles. The van der Waals surface area contributed by atoms with Crippen molar-refractivity contribution in [3.8, 4) is 11.5 Å². The molecule has 1 rings (SSSR count). The molecule has 9 nitrogen and oxygen atoms in total. The van der Waals surface area contributed by atoms with Gasteiger partial charge < -0.3 is 26.3 Å². The normalized spacial score (nSPS) is 11.0. The van der Waals surface area contributed by atoms with Crippen LogP contribution >= 0.6 is 0 Å². The first-order chi connectivity index (χ1) is 9.81. The lowest BCUT2D eigenvalue weighted by atomic mass is 10.3. The molecule has 0 aromatic heterocycles. The van der Waals surface area contributed by atoms with Gasteiger partial charge in [0.2, 0.25) is 10.0 Å². The summed E-state index contributed by atoms with van der Waals surface area (Å²) in [6.07, 6.45) is 0. The lowest BCUT2D eigenvalue weighted by molar-refractivity contribution is 0.249. The van der Waals surface area contributed by atoms with Gasteiger partial charge in [-0.2, -0.15) is 0 Å². The van der Waals surface area contributed by atoms with Crippen LogP contribution in [-0.2, 0) is 10.0 Å². The van der Waals surface area contributed by atoms with E-state index in [4.69, 9.17) is 20.9 Å². The van der Waals surface area contributed by atoms with E-state index in [2.05, 4.69) is 10.0 Å². The maximum atomic E-state index is 12.2. The molecule has 0 bridgehead atoms. The number of amides is 2. The summed E-state index contributed by atoms with van der Waals surface area (Å²) in [5, 5.41) is 2.26. The molecule has 0 saturated heterocycles. The van der Waals surface area contributed by atoms with E-state index in [1.165, 1.54) is 26.4 Å². The number of carbonyl (C=O) groups excluding carboxylic acids is 1. The molecular weight excluding hydrogens is 300 g/mol. The first kappa shape index (κ1) is 16.9. The first-order valence-electron chi connectivity index (χ1n) is 5.86. The highest BCUT2D eigenvalue weighted by Crippen LogP contribution is 2.33. The molecule has 0 fully saturated rings. The smallest absolute Gasteiger partial charge is 0.312 e. The summed E-state index contributed by atoms with van der Waals surface area (Å²) < 4.78 is 36.7. The maximum Gasteiger partial charge on any atom is 0.312 e. The van der Waals surface area contributed by atoms with E-state index in [9.17, 15) is 13.2 Å². The van der Waals surface area contributed by atoms with Crippen LogP contribution < -0.4 is 31.0 Å². The fourth-order valence-corrected chi connectivity index (χ4v) is 2.77. The number of rotatable bonds is 7. The van der Waals surface area contributed by atoms with Gasteiger partial charge in [-0.15, -0.1) is 0 Å². The molecule has 21 heavy (non-hydrogen) atoms. The second-order valence-corrected chi connectivity index (χ2v) is 5.67. The van der Waals surface area contributed by atoms with Gasteiger partial charge in [0.1, 0.15) is 16.4 Å². The summed E-state index contributed by atoms with van der Waals surface area (Å²) >= 11 is 0. The van der Waals surface area contributed by atoms with E-state index in [-0.39, 0.29) is 29.4 Å². The molecular formula is C11H18N4O5S. The number of carbonyl (C=O) groups is 1. The van der Waals surface area contributed by atoms with Gasteiger partial charge in [-0.3, -0.25) is 0 Å². The third kappa shape index (κ3) is 4.39. The van der Waals surface area contributed by atoms with Gasteiger partial charge in [0.15, 0.2) is 0 Å². The topological polar surface area (TPSA) is 146 Å². The molecule has 10 heteroatoms. The Morgan fingerprint density at radius 2 is 1.81 bits per heavy atom. The Labute approximate surface area is 122 Å². The van der Waals surface area contributed by atoms with Crippen LogP contribution in [0.5, 0.6) is 11.5 Å². The van der Waals surface area contributed by atoms with Crippen molar-refractivity contribution in [2.75, 3.05) is 33.0 Å². The number of benzene rings is 1. The molecule has 2 amide bonds. The molecule has 118 valence electrons. The Hall–Kier alpha value is -2.20. The quantitative estimate of drug-likeness (QED) is 0.384. The van der Waals surface area contributed by atoms with E-state index in [1.54, 1.807) is 0 Å². The summed E-state index contributed by atoms with van der Waals surface area (Å²) in [5.74, 6) is 0.401. The molecule has 0 atom stereocenters. The summed E-state index contributed by atoms with van der Waals surface area (Å²) in [6.45, 7) is 0.0306. The third-order valence-electron chi connectivity index (χ3n) is 2.52. The Bertz CT molecular complexity index is 617. The van der Waals surface area contributed by atoms with E-state index < -0.39 is 16.1 Å². The Balaban J connectivity index is 2.97. The molecule has 0 saturated carbocycles. The highest BCUT2D eigenvalue weighted by Gasteiger charge is 2.21. The summed E-state index contributed by atoms with van der Waals surface area (Å²) in [5.41, 5.74) is 10.7. The van der Waals surface area contributed by atoms with Crippen LogP contribution in [0.4, 0.5) is 10.5 Å². The van der Waals surface area contributed by atoms with Crippen LogP contribution in [0.25, 0.3) is 0 Å². The standard InChI is InChI=1S/C11H18N4O5S/c1-19-8-6-9(20-2)10(5-7(8)12)21(17,18)15-4-3-14-11(13)16/h5-6,15H,3-4,12H2,1-2H3,(H3,13,14,16). The number of nitrogen functional groups attached to an aromatic ring is 1. The summed E-state index contributed by atoms with van der Waals surface area (Å²) in [7, 11) is -1.11. The van der Waals surface area contributed by atoms with Crippen LogP contribution in [0, 0.1) is 0 Å². The van der Waals surface area contributed by atoms with Crippen LogP contribution in [0.2, 0.25) is 0 Å². The molecule has 0 radical (unpaired) electrons. The second kappa shape index (κ2) is 6.99. The van der Waals surface area contributed by atoms with Crippen molar-refractivity contribution in [2.45, 2.75) is 4.90 Å². The number of urea groups is 1. The van der Waals surface area contributed by atoms with Gasteiger partial charge in [0, 0.05) is 19.2 Å². The summed E-state index contributed by atoms with van der Waals surface area (Å²) in [6, 6.07) is 1.88. The zero-order chi connectivity index (χ0) is 16.0. The Morgan fingerprint density at radius 1 is 1.19 bits per heavy atom. The molecule has 0 unspecified atom stereocenters. The van der Waals surface area contributed by atoms with Crippen LogP contribution in [0.3, 0.4) is 0 Å². The highest BCUT2D eigenvalue weighted by molar-refractivity contribution is 7.89. The molecule has 0 heterocycles. The van der Waals surface area contributed by atoms with Gasteiger partial charge in [-0.1, -0.05) is 0 Å². The fourth-order valence-electron chi connectivity index (χ4n) is 1.55. The van der Waals surface area contributed by atoms with Crippen molar-refractivity contribution in [3.63, 3.8) is 0 Å². The predicted octanol–water partition coefficient (Wildman–Crippen LogP) is -0.767. The fraction of sp³-hybridized carbons (Fsp3) is 0.364. The first-order valence-corrected chi connectivity index (χ1v) is 7.34. The molecule has 0 aliphatic heterocycles. The molecule has 0 spiro atoms. The lowest BCUT2D eigenvalue weighted by Crippen LogP contribution is -2.37. The highest BCUT2D eigenvalue weighted by atomic mass is 32.2. The molecule has 6 N–H and O–H groups in total. The van der Waals surface area contributed by atoms with Crippen molar-refractivity contribution < 1.29 is 22.7 Å². The van der Waals surface area contributed by atoms with Gasteiger partial charge in [-0.25, -0.2) is 17.9 Å². The number of nitrogens with one attached hydrogen (secondary N) is 2. The number of nitrogens with two attached hydrogens (primary N) is 2. The van der Waals surface area contributed by atoms with Crippen molar-refractivity contribution >= 4 is 21.7 Å². The Kier molecular flexibility index (Phi) is 5.61. The minimum Gasteiger partial charge on any atom is -0.495 e. The van der Waals surface area contributed by atoms with E-state index in [0.717, 1.165) is 0 Å². The minimum atomic E-state index is -3.85. The second-order valence-electron chi connectivity index (χ2n) is 3.93. The number of methoxy groups -OCH3 is 2. The van der Waals surface area contributed by atoms with Crippen molar-refractivity contribution in [1.29, 1.82) is 0 Å². The van der Waals surface area contributed by atoms with Crippen LogP contribution in [0.1, 0.15) is 0 Å². The van der Waals surface area contributed by atoms with Crippen LogP contribution in [0.15, 0.2) is 17.0 Å². The molecule has 1 aromatic rings. The largest absolute Gasteiger partial charge is 0.495 e. The lowest BCUT2D eigenvalue weighted by Gasteiger charge is -2.13. The zero-order valence-electron chi connectivity index (χ0n) is 11.7. The Morgan fingerprint density at radius 3 is 2.33 bits per heavy atom. The average Bonchev–Trinajstić information content (AvgIpc) is 2.43. The monoisotopic (exact) mass is 318 g/mol. The SMILES string of the molecule is COc1cc(OC)c(S(=O)(=O)NCCNC(N)=O)cc1N. The maximum absolute atomic E-state index is 12.2. The number of anilines is 1. The van der Waals surface area contributed by atoms with Gasteiger partial charge >= 0.3 is 6.03 Å². The van der Waals surface area contributed by atoms with E-state index in [1.807, 2.05) is 0 Å². The van der Waals surface area contributed by atoms with Crippen LogP contribution in [-0.4, -0.2) is 41.8 Å². The molecule has 0 aliphatic rings. The number of hydrogen-bond acceptors (Lipinski definition) is 6. The van der Waals surface area contributed by atoms with Gasteiger partial charge in [0.05, 0.1) is 19.9 Å². The average molecular weight is 318 g/mol. The number of sulfonamides is 1. The predicted molar refractivity (Wildman–Crippen MR) is 76.7 cm³/mol. The van der Waals surface area contributed by atoms with Crippen molar-refractivity contribution in [1.82, 2.24) is 10.0 Å². The molecule has 1 aromatic carbocycles. The number of hydrogen-bond donors (Lipinski definition) is 4. The van der Waals surface area contributed by atoms with E-state index in [0.29, 0.717) is 5.75 Å². The minimum absolute atomic E-state index is 0.0274. The zero-order valence-corrected chi connectivity index (χ0v) is 12.5. The summed E-state index contributed by atoms with van der Waals surface area (Å²) in [4.78, 5) is 10.4. The van der Waals surface area contributed by atoms with Gasteiger partial charge in [0.25, 0.3) is 0 Å². The number of ether oxygens (including phenoxy) is 2.